The molecule has 1 aliphatic carbocycles. The Hall–Kier alpha value is -1.91. The maximum Gasteiger partial charge on any atom is 0.310 e. The van der Waals surface area contributed by atoms with Gasteiger partial charge >= 0.3 is 5.97 Å². The van der Waals surface area contributed by atoms with E-state index in [1.165, 1.54) is 17.0 Å². The van der Waals surface area contributed by atoms with E-state index in [4.69, 9.17) is 0 Å². The maximum atomic E-state index is 13.3. The average Bonchev–Trinajstić information content (AvgIpc) is 2.76. The van der Waals surface area contributed by atoms with Crippen molar-refractivity contribution >= 4 is 17.6 Å². The molecule has 1 amide bonds. The zero-order valence-electron chi connectivity index (χ0n) is 11.1. The number of amides is 1. The fraction of sp³-hybridized carbons (Fsp3) is 0.467. The molecule has 20 heavy (non-hydrogen) atoms. The van der Waals surface area contributed by atoms with Gasteiger partial charge in [0.25, 0.3) is 0 Å². The highest BCUT2D eigenvalue weighted by Crippen LogP contribution is 2.45. The summed E-state index contributed by atoms with van der Waals surface area (Å²) in [5, 5.41) is 9.28. The van der Waals surface area contributed by atoms with Crippen LogP contribution < -0.4 is 4.90 Å². The molecule has 0 atom stereocenters. The minimum absolute atomic E-state index is 0.0122. The van der Waals surface area contributed by atoms with Gasteiger partial charge in [-0.25, -0.2) is 4.39 Å². The van der Waals surface area contributed by atoms with Gasteiger partial charge in [-0.15, -0.1) is 0 Å². The normalized spacial score (nSPS) is 19.4. The third-order valence-corrected chi connectivity index (χ3v) is 4.50. The number of carbonyl (C=O) groups excluding carboxylic acids is 1. The first-order valence-electron chi connectivity index (χ1n) is 6.84. The summed E-state index contributed by atoms with van der Waals surface area (Å²) in [7, 11) is 0. The molecular weight excluding hydrogens is 261 g/mol. The van der Waals surface area contributed by atoms with Crippen molar-refractivity contribution in [2.24, 2.45) is 5.41 Å². The van der Waals surface area contributed by atoms with Crippen molar-refractivity contribution in [3.05, 3.63) is 29.6 Å². The second-order valence-corrected chi connectivity index (χ2v) is 5.68. The van der Waals surface area contributed by atoms with Crippen LogP contribution in [0.1, 0.15) is 31.2 Å². The number of carboxylic acid groups (broad SMARTS) is 1. The van der Waals surface area contributed by atoms with Gasteiger partial charge in [0.2, 0.25) is 5.91 Å². The third kappa shape index (κ3) is 1.97. The van der Waals surface area contributed by atoms with Gasteiger partial charge in [0.05, 0.1) is 5.41 Å². The molecule has 3 rings (SSSR count). The first-order chi connectivity index (χ1) is 9.52. The number of aliphatic carboxylic acids is 1. The molecule has 2 aliphatic rings. The molecule has 1 aromatic rings. The third-order valence-electron chi connectivity index (χ3n) is 4.50. The summed E-state index contributed by atoms with van der Waals surface area (Å²) in [6.45, 7) is 0.507. The van der Waals surface area contributed by atoms with Crippen molar-refractivity contribution < 1.29 is 19.1 Å². The van der Waals surface area contributed by atoms with Crippen molar-refractivity contribution in [2.75, 3.05) is 11.4 Å². The van der Waals surface area contributed by atoms with Gasteiger partial charge in [-0.05, 0) is 37.0 Å². The number of benzene rings is 1. The van der Waals surface area contributed by atoms with Crippen molar-refractivity contribution in [2.45, 2.75) is 32.1 Å². The highest BCUT2D eigenvalue weighted by atomic mass is 19.1. The lowest BCUT2D eigenvalue weighted by atomic mass is 9.66. The van der Waals surface area contributed by atoms with Crippen molar-refractivity contribution in [1.29, 1.82) is 0 Å². The van der Waals surface area contributed by atoms with E-state index in [1.54, 1.807) is 6.07 Å². The van der Waals surface area contributed by atoms with E-state index >= 15 is 0 Å². The van der Waals surface area contributed by atoms with E-state index in [2.05, 4.69) is 0 Å². The Balaban J connectivity index is 1.80. The number of carbonyl (C=O) groups is 2. The SMILES string of the molecule is O=C(CC1(C(=O)O)CCC1)N1CCc2ccc(F)cc21. The summed E-state index contributed by atoms with van der Waals surface area (Å²) in [4.78, 5) is 25.2. The van der Waals surface area contributed by atoms with Gasteiger partial charge in [0.1, 0.15) is 5.82 Å². The summed E-state index contributed by atoms with van der Waals surface area (Å²) in [5.74, 6) is -1.48. The average molecular weight is 277 g/mol. The Morgan fingerprint density at radius 1 is 1.35 bits per heavy atom. The standard InChI is InChI=1S/C15H16FNO3/c16-11-3-2-10-4-7-17(12(10)8-11)13(18)9-15(14(19)20)5-1-6-15/h2-3,8H,1,4-7,9H2,(H,19,20). The Morgan fingerprint density at radius 3 is 2.70 bits per heavy atom. The Bertz CT molecular complexity index is 580. The Morgan fingerprint density at radius 2 is 2.10 bits per heavy atom. The van der Waals surface area contributed by atoms with Crippen LogP contribution in [0.15, 0.2) is 18.2 Å². The van der Waals surface area contributed by atoms with E-state index in [9.17, 15) is 19.1 Å². The Labute approximate surface area is 116 Å². The summed E-state index contributed by atoms with van der Waals surface area (Å²) in [6, 6.07) is 4.43. The molecule has 1 aromatic carbocycles. The lowest BCUT2D eigenvalue weighted by Crippen LogP contribution is -2.43. The summed E-state index contributed by atoms with van der Waals surface area (Å²) >= 11 is 0. The molecule has 5 heteroatoms. The van der Waals surface area contributed by atoms with Crippen LogP contribution in [0.25, 0.3) is 0 Å². The number of rotatable bonds is 3. The smallest absolute Gasteiger partial charge is 0.310 e. The number of fused-ring (bicyclic) bond motifs is 1. The van der Waals surface area contributed by atoms with Crippen molar-refractivity contribution in [3.8, 4) is 0 Å². The zero-order valence-corrected chi connectivity index (χ0v) is 11.1. The molecule has 1 heterocycles. The van der Waals surface area contributed by atoms with Gasteiger partial charge in [0, 0.05) is 18.7 Å². The first-order valence-corrected chi connectivity index (χ1v) is 6.84. The van der Waals surface area contributed by atoms with Gasteiger partial charge < -0.3 is 10.0 Å². The molecule has 0 radical (unpaired) electrons. The molecule has 1 N–H and O–H groups in total. The van der Waals surface area contributed by atoms with E-state index in [0.29, 0.717) is 31.5 Å². The predicted molar refractivity (Wildman–Crippen MR) is 71.0 cm³/mol. The van der Waals surface area contributed by atoms with E-state index < -0.39 is 11.4 Å². The zero-order chi connectivity index (χ0) is 14.3. The molecule has 1 saturated carbocycles. The molecule has 1 fully saturated rings. The van der Waals surface area contributed by atoms with Crippen LogP contribution >= 0.6 is 0 Å². The van der Waals surface area contributed by atoms with E-state index in [0.717, 1.165) is 12.0 Å². The first kappa shape index (κ1) is 13.1. The number of anilines is 1. The quantitative estimate of drug-likeness (QED) is 0.922. The number of hydrogen-bond acceptors (Lipinski definition) is 2. The molecule has 0 bridgehead atoms. The van der Waals surface area contributed by atoms with Crippen LogP contribution in [-0.2, 0) is 16.0 Å². The van der Waals surface area contributed by atoms with E-state index in [-0.39, 0.29) is 18.1 Å². The number of halogens is 1. The highest BCUT2D eigenvalue weighted by Gasteiger charge is 2.47. The van der Waals surface area contributed by atoms with Crippen LogP contribution in [-0.4, -0.2) is 23.5 Å². The van der Waals surface area contributed by atoms with Crippen LogP contribution in [0.3, 0.4) is 0 Å². The summed E-state index contributed by atoms with van der Waals surface area (Å²) in [5.41, 5.74) is 0.639. The van der Waals surface area contributed by atoms with Crippen molar-refractivity contribution in [1.82, 2.24) is 0 Å². The maximum absolute atomic E-state index is 13.3. The largest absolute Gasteiger partial charge is 0.481 e. The number of hydrogen-bond donors (Lipinski definition) is 1. The lowest BCUT2D eigenvalue weighted by Gasteiger charge is -2.38. The molecule has 4 nitrogen and oxygen atoms in total. The van der Waals surface area contributed by atoms with E-state index in [1.807, 2.05) is 0 Å². The number of nitrogens with zero attached hydrogens (tertiary/aromatic N) is 1. The van der Waals surface area contributed by atoms with Crippen molar-refractivity contribution in [3.63, 3.8) is 0 Å². The summed E-state index contributed by atoms with van der Waals surface area (Å²) in [6.07, 6.45) is 2.67. The fourth-order valence-corrected chi connectivity index (χ4v) is 3.07. The monoisotopic (exact) mass is 277 g/mol. The molecule has 0 aromatic heterocycles. The molecular formula is C15H16FNO3. The fourth-order valence-electron chi connectivity index (χ4n) is 3.07. The van der Waals surface area contributed by atoms with Gasteiger partial charge in [0.15, 0.2) is 0 Å². The van der Waals surface area contributed by atoms with Gasteiger partial charge in [-0.2, -0.15) is 0 Å². The highest BCUT2D eigenvalue weighted by molar-refractivity contribution is 5.98. The second-order valence-electron chi connectivity index (χ2n) is 5.68. The molecule has 106 valence electrons. The number of carboxylic acids is 1. The molecule has 1 aliphatic heterocycles. The molecule has 0 unspecified atom stereocenters. The Kier molecular flexibility index (Phi) is 3.00. The summed E-state index contributed by atoms with van der Waals surface area (Å²) < 4.78 is 13.3. The molecule has 0 spiro atoms. The van der Waals surface area contributed by atoms with Crippen LogP contribution in [0.4, 0.5) is 10.1 Å². The van der Waals surface area contributed by atoms with Gasteiger partial charge in [-0.3, -0.25) is 9.59 Å². The minimum atomic E-state index is -0.896. The lowest BCUT2D eigenvalue weighted by molar-refractivity contribution is -0.157. The van der Waals surface area contributed by atoms with Gasteiger partial charge in [-0.1, -0.05) is 12.5 Å². The van der Waals surface area contributed by atoms with Crippen LogP contribution in [0, 0.1) is 11.2 Å². The molecule has 0 saturated heterocycles. The second kappa shape index (κ2) is 4.58. The minimum Gasteiger partial charge on any atom is -0.481 e. The van der Waals surface area contributed by atoms with Crippen LogP contribution in [0.2, 0.25) is 0 Å². The predicted octanol–water partition coefficient (Wildman–Crippen LogP) is 2.36. The van der Waals surface area contributed by atoms with Crippen LogP contribution in [0.5, 0.6) is 0 Å². The topological polar surface area (TPSA) is 57.6 Å².